The number of imidazole rings is 1. The summed E-state index contributed by atoms with van der Waals surface area (Å²) >= 11 is 6.28. The van der Waals surface area contributed by atoms with Crippen LogP contribution in [0.5, 0.6) is 0 Å². The second-order valence-corrected chi connectivity index (χ2v) is 6.76. The van der Waals surface area contributed by atoms with Crippen molar-refractivity contribution in [1.82, 2.24) is 24.9 Å². The molecule has 0 aliphatic rings. The Kier molecular flexibility index (Phi) is 5.71. The number of benzene rings is 1. The van der Waals surface area contributed by atoms with Crippen LogP contribution in [0, 0.1) is 5.82 Å². The van der Waals surface area contributed by atoms with Crippen LogP contribution in [0.25, 0.3) is 22.6 Å². The van der Waals surface area contributed by atoms with Gasteiger partial charge in [-0.25, -0.2) is 24.3 Å². The molecule has 0 radical (unpaired) electrons. The van der Waals surface area contributed by atoms with Crippen LogP contribution >= 0.6 is 11.6 Å². The fourth-order valence-corrected chi connectivity index (χ4v) is 3.07. The zero-order valence-corrected chi connectivity index (χ0v) is 16.5. The van der Waals surface area contributed by atoms with E-state index in [1.54, 1.807) is 43.0 Å². The van der Waals surface area contributed by atoms with E-state index in [0.717, 1.165) is 5.82 Å². The van der Waals surface area contributed by atoms with E-state index in [9.17, 15) is 4.39 Å². The molecule has 0 saturated carbocycles. The first kappa shape index (κ1) is 19.6. The maximum atomic E-state index is 13.5. The van der Waals surface area contributed by atoms with Crippen molar-refractivity contribution in [3.8, 4) is 22.6 Å². The topological polar surface area (TPSA) is 117 Å². The number of rotatable bonds is 7. The first-order valence-electron chi connectivity index (χ1n) is 9.11. The summed E-state index contributed by atoms with van der Waals surface area (Å²) in [5.74, 6) is 1.30. The summed E-state index contributed by atoms with van der Waals surface area (Å²) in [6.07, 6.45) is 6.58. The Morgan fingerprint density at radius 1 is 1.00 bits per heavy atom. The molecule has 4 rings (SSSR count). The number of hydrogen-bond acceptors (Lipinski definition) is 7. The van der Waals surface area contributed by atoms with Gasteiger partial charge >= 0.3 is 0 Å². The number of anilines is 3. The van der Waals surface area contributed by atoms with Gasteiger partial charge in [-0.05, 0) is 30.3 Å². The van der Waals surface area contributed by atoms with Crippen molar-refractivity contribution in [1.29, 1.82) is 0 Å². The summed E-state index contributed by atoms with van der Waals surface area (Å²) in [7, 11) is 0. The lowest BCUT2D eigenvalue weighted by molar-refractivity contribution is 0.628. The quantitative estimate of drug-likeness (QED) is 0.333. The molecule has 0 fully saturated rings. The van der Waals surface area contributed by atoms with E-state index in [-0.39, 0.29) is 5.02 Å². The average Bonchev–Trinajstić information content (AvgIpc) is 3.27. The minimum Gasteiger partial charge on any atom is -0.397 e. The number of aromatic amines is 1. The molecule has 5 N–H and O–H groups in total. The third kappa shape index (κ3) is 4.47. The summed E-state index contributed by atoms with van der Waals surface area (Å²) in [4.78, 5) is 20.4. The molecule has 0 amide bonds. The number of nitrogens with one attached hydrogen (secondary N) is 3. The van der Waals surface area contributed by atoms with Gasteiger partial charge in [0.15, 0.2) is 0 Å². The van der Waals surface area contributed by atoms with Gasteiger partial charge in [0, 0.05) is 37.2 Å². The van der Waals surface area contributed by atoms with Gasteiger partial charge < -0.3 is 21.4 Å². The van der Waals surface area contributed by atoms with E-state index >= 15 is 0 Å². The van der Waals surface area contributed by atoms with Crippen molar-refractivity contribution in [2.75, 3.05) is 29.5 Å². The summed E-state index contributed by atoms with van der Waals surface area (Å²) in [5.41, 5.74) is 8.02. The molecule has 0 aliphatic carbocycles. The van der Waals surface area contributed by atoms with Crippen LogP contribution in [0.15, 0.2) is 55.1 Å². The molecular weight excluding hydrogens is 407 g/mol. The number of halogens is 2. The van der Waals surface area contributed by atoms with Gasteiger partial charge in [-0.3, -0.25) is 0 Å². The van der Waals surface area contributed by atoms with Crippen LogP contribution in [0.2, 0.25) is 5.02 Å². The maximum absolute atomic E-state index is 13.5. The molecule has 0 saturated heterocycles. The lowest BCUT2D eigenvalue weighted by atomic mass is 10.1. The van der Waals surface area contributed by atoms with Crippen LogP contribution in [-0.4, -0.2) is 38.0 Å². The van der Waals surface area contributed by atoms with E-state index in [1.165, 1.54) is 12.1 Å². The molecular formula is C20H18ClFN8. The molecule has 3 aromatic heterocycles. The van der Waals surface area contributed by atoms with Gasteiger partial charge in [-0.2, -0.15) is 0 Å². The Bertz CT molecular complexity index is 1130. The number of nitrogen functional groups attached to an aromatic ring is 1. The predicted octanol–water partition coefficient (Wildman–Crippen LogP) is 3.83. The fraction of sp³-hybridized carbons (Fsp3) is 0.100. The molecule has 8 nitrogen and oxygen atoms in total. The summed E-state index contributed by atoms with van der Waals surface area (Å²) in [6.45, 7) is 1.13. The highest BCUT2D eigenvalue weighted by Crippen LogP contribution is 2.33. The van der Waals surface area contributed by atoms with Gasteiger partial charge in [0.2, 0.25) is 5.95 Å². The van der Waals surface area contributed by atoms with E-state index in [2.05, 4.69) is 35.6 Å². The molecule has 3 heterocycles. The number of aromatic nitrogens is 5. The van der Waals surface area contributed by atoms with Gasteiger partial charge in [0.25, 0.3) is 0 Å². The highest BCUT2D eigenvalue weighted by Gasteiger charge is 2.16. The maximum Gasteiger partial charge on any atom is 0.223 e. The van der Waals surface area contributed by atoms with Crippen molar-refractivity contribution >= 4 is 29.1 Å². The lowest BCUT2D eigenvalue weighted by Gasteiger charge is -2.12. The lowest BCUT2D eigenvalue weighted by Crippen LogP contribution is -2.16. The van der Waals surface area contributed by atoms with Crippen LogP contribution in [0.1, 0.15) is 0 Å². The van der Waals surface area contributed by atoms with Gasteiger partial charge in [0.05, 0.1) is 28.2 Å². The van der Waals surface area contributed by atoms with E-state index in [1.807, 2.05) is 0 Å². The minimum atomic E-state index is -0.418. The highest BCUT2D eigenvalue weighted by atomic mass is 35.5. The molecule has 0 unspecified atom stereocenters. The Balaban J connectivity index is 1.53. The molecule has 1 aromatic carbocycles. The monoisotopic (exact) mass is 424 g/mol. The first-order valence-corrected chi connectivity index (χ1v) is 9.49. The zero-order chi connectivity index (χ0) is 20.9. The van der Waals surface area contributed by atoms with Crippen molar-refractivity contribution < 1.29 is 4.39 Å². The molecule has 4 aromatic rings. The van der Waals surface area contributed by atoms with Crippen LogP contribution < -0.4 is 16.4 Å². The molecule has 30 heavy (non-hydrogen) atoms. The number of H-pyrrole nitrogens is 1. The molecule has 0 bridgehead atoms. The molecule has 0 atom stereocenters. The zero-order valence-electron chi connectivity index (χ0n) is 15.7. The Hall–Kier alpha value is -3.72. The van der Waals surface area contributed by atoms with Gasteiger partial charge in [0.1, 0.15) is 17.5 Å². The first-order chi connectivity index (χ1) is 14.6. The molecule has 152 valence electrons. The SMILES string of the molecule is Nc1ccc(NCCNc2ncc(-c3ncc[nH]3)c(-c3ccc(F)cc3Cl)n2)nc1. The number of pyridine rings is 1. The smallest absolute Gasteiger partial charge is 0.223 e. The van der Waals surface area contributed by atoms with Crippen LogP contribution in [0.4, 0.5) is 21.8 Å². The van der Waals surface area contributed by atoms with Crippen molar-refractivity contribution in [2.24, 2.45) is 0 Å². The van der Waals surface area contributed by atoms with Crippen LogP contribution in [-0.2, 0) is 0 Å². The Morgan fingerprint density at radius 3 is 2.60 bits per heavy atom. The fourth-order valence-electron chi connectivity index (χ4n) is 2.81. The predicted molar refractivity (Wildman–Crippen MR) is 116 cm³/mol. The third-order valence-electron chi connectivity index (χ3n) is 4.23. The largest absolute Gasteiger partial charge is 0.397 e. The second kappa shape index (κ2) is 8.75. The molecule has 0 aliphatic heterocycles. The van der Waals surface area contributed by atoms with Crippen LogP contribution in [0.3, 0.4) is 0 Å². The summed E-state index contributed by atoms with van der Waals surface area (Å²) in [6, 6.07) is 7.76. The standard InChI is InChI=1S/C20H18ClFN8/c21-16-9-12(22)1-3-14(16)18-15(19-25-6-7-26-19)11-29-20(30-18)27-8-5-24-17-4-2-13(23)10-28-17/h1-4,6-7,9-11H,5,8,23H2,(H,24,28)(H,25,26)(H,27,29,30). The molecule has 0 spiro atoms. The van der Waals surface area contributed by atoms with Gasteiger partial charge in [-0.15, -0.1) is 0 Å². The van der Waals surface area contributed by atoms with E-state index < -0.39 is 5.82 Å². The second-order valence-electron chi connectivity index (χ2n) is 6.35. The Labute approximate surface area is 176 Å². The summed E-state index contributed by atoms with van der Waals surface area (Å²) < 4.78 is 13.5. The number of nitrogens with zero attached hydrogens (tertiary/aromatic N) is 4. The Morgan fingerprint density at radius 2 is 1.87 bits per heavy atom. The van der Waals surface area contributed by atoms with Crippen molar-refractivity contribution in [2.45, 2.75) is 0 Å². The normalized spacial score (nSPS) is 10.7. The van der Waals surface area contributed by atoms with Gasteiger partial charge in [-0.1, -0.05) is 11.6 Å². The highest BCUT2D eigenvalue weighted by molar-refractivity contribution is 6.33. The van der Waals surface area contributed by atoms with Crippen molar-refractivity contribution in [3.05, 3.63) is 66.0 Å². The molecule has 10 heteroatoms. The average molecular weight is 425 g/mol. The van der Waals surface area contributed by atoms with Crippen molar-refractivity contribution in [3.63, 3.8) is 0 Å². The number of nitrogens with two attached hydrogens (primary N) is 1. The van der Waals surface area contributed by atoms with E-state index in [0.29, 0.717) is 47.4 Å². The number of hydrogen-bond donors (Lipinski definition) is 4. The third-order valence-corrected chi connectivity index (χ3v) is 4.54. The van der Waals surface area contributed by atoms with E-state index in [4.69, 9.17) is 17.3 Å². The minimum absolute atomic E-state index is 0.253. The summed E-state index contributed by atoms with van der Waals surface area (Å²) in [5, 5.41) is 6.58.